The van der Waals surface area contributed by atoms with Crippen LogP contribution in [0, 0.1) is 0 Å². The molecule has 0 fully saturated rings. The fourth-order valence-electron chi connectivity index (χ4n) is 2.07. The van der Waals surface area contributed by atoms with E-state index in [1.165, 1.54) is 28.6 Å². The molecule has 2 aromatic heterocycles. The first-order chi connectivity index (χ1) is 11.4. The van der Waals surface area contributed by atoms with Crippen LogP contribution >= 0.6 is 11.3 Å². The van der Waals surface area contributed by atoms with E-state index in [4.69, 9.17) is 0 Å². The highest BCUT2D eigenvalue weighted by Crippen LogP contribution is 2.34. The van der Waals surface area contributed by atoms with Crippen molar-refractivity contribution in [1.29, 1.82) is 0 Å². The third-order valence-electron chi connectivity index (χ3n) is 3.07. The normalized spacial score (nSPS) is 14.0. The number of aromatic nitrogens is 2. The predicted octanol–water partition coefficient (Wildman–Crippen LogP) is 2.75. The first kappa shape index (κ1) is 16.1. The molecule has 1 aliphatic heterocycles. The fourth-order valence-corrected chi connectivity index (χ4v) is 2.68. The van der Waals surface area contributed by atoms with E-state index in [1.54, 1.807) is 23.7 Å². The molecule has 3 heterocycles. The van der Waals surface area contributed by atoms with Gasteiger partial charge in [0.2, 0.25) is 0 Å². The summed E-state index contributed by atoms with van der Waals surface area (Å²) in [6.45, 7) is 0. The average Bonchev–Trinajstić information content (AvgIpc) is 3.07. The van der Waals surface area contributed by atoms with Gasteiger partial charge in [-0.05, 0) is 6.07 Å². The topological polar surface area (TPSA) is 72.4 Å². The highest BCUT2D eigenvalue weighted by molar-refractivity contribution is 7.13. The van der Waals surface area contributed by atoms with Crippen molar-refractivity contribution in [2.75, 3.05) is 4.90 Å². The number of pyridine rings is 1. The zero-order valence-electron chi connectivity index (χ0n) is 11.8. The predicted molar refractivity (Wildman–Crippen MR) is 77.4 cm³/mol. The Hall–Kier alpha value is -2.75. The number of anilines is 2. The van der Waals surface area contributed by atoms with Gasteiger partial charge in [-0.15, -0.1) is 11.3 Å². The van der Waals surface area contributed by atoms with E-state index < -0.39 is 18.1 Å². The van der Waals surface area contributed by atoms with Gasteiger partial charge in [0.25, 0.3) is 0 Å². The van der Waals surface area contributed by atoms with Gasteiger partial charge in [-0.2, -0.15) is 13.2 Å². The molecule has 0 spiro atoms. The SMILES string of the molecule is O=C(OC(=O)C(F)(F)F)C1=CN(c2nccs2)c2ncccc2C1. The summed E-state index contributed by atoms with van der Waals surface area (Å²) in [6, 6.07) is 3.31. The monoisotopic (exact) mass is 355 g/mol. The number of nitrogens with zero attached hydrogens (tertiary/aromatic N) is 3. The molecule has 6 nitrogen and oxygen atoms in total. The summed E-state index contributed by atoms with van der Waals surface area (Å²) in [7, 11) is 0. The number of rotatable bonds is 2. The van der Waals surface area contributed by atoms with E-state index in [2.05, 4.69) is 14.7 Å². The quantitative estimate of drug-likeness (QED) is 0.609. The van der Waals surface area contributed by atoms with Crippen molar-refractivity contribution < 1.29 is 27.5 Å². The molecule has 124 valence electrons. The molecule has 0 atom stereocenters. The second-order valence-electron chi connectivity index (χ2n) is 4.68. The van der Waals surface area contributed by atoms with Gasteiger partial charge >= 0.3 is 18.1 Å². The summed E-state index contributed by atoms with van der Waals surface area (Å²) in [5, 5.41) is 2.17. The Morgan fingerprint density at radius 1 is 1.25 bits per heavy atom. The molecule has 0 N–H and O–H groups in total. The summed E-state index contributed by atoms with van der Waals surface area (Å²) >= 11 is 1.26. The van der Waals surface area contributed by atoms with Crippen LogP contribution < -0.4 is 4.90 Å². The van der Waals surface area contributed by atoms with Crippen molar-refractivity contribution in [3.8, 4) is 0 Å². The highest BCUT2D eigenvalue weighted by Gasteiger charge is 2.43. The molecule has 3 rings (SSSR count). The van der Waals surface area contributed by atoms with E-state index in [1.807, 2.05) is 0 Å². The number of halogens is 3. The van der Waals surface area contributed by atoms with Crippen LogP contribution in [-0.4, -0.2) is 28.1 Å². The average molecular weight is 355 g/mol. The molecule has 0 aliphatic carbocycles. The van der Waals surface area contributed by atoms with Gasteiger partial charge in [0.05, 0.1) is 5.57 Å². The lowest BCUT2D eigenvalue weighted by Crippen LogP contribution is -2.30. The molecule has 2 aromatic rings. The maximum Gasteiger partial charge on any atom is 0.491 e. The number of hydrogen-bond acceptors (Lipinski definition) is 7. The molecule has 0 aromatic carbocycles. The standard InChI is InChI=1S/C14H8F3N3O3S/c15-14(16,17)12(22)23-11(21)9-6-8-2-1-3-18-10(8)20(7-9)13-19-4-5-24-13/h1-5,7H,6H2. The van der Waals surface area contributed by atoms with E-state index in [0.29, 0.717) is 16.5 Å². The van der Waals surface area contributed by atoms with Crippen LogP contribution in [0.2, 0.25) is 0 Å². The van der Waals surface area contributed by atoms with Crippen molar-refractivity contribution in [2.45, 2.75) is 12.6 Å². The minimum absolute atomic E-state index is 0.00494. The smallest absolute Gasteiger partial charge is 0.383 e. The Morgan fingerprint density at radius 3 is 2.71 bits per heavy atom. The number of thiazole rings is 1. The maximum atomic E-state index is 12.2. The van der Waals surface area contributed by atoms with Crippen LogP contribution in [0.25, 0.3) is 0 Å². The summed E-state index contributed by atoms with van der Waals surface area (Å²) in [5.41, 5.74) is 0.491. The number of hydrogen-bond donors (Lipinski definition) is 0. The molecule has 24 heavy (non-hydrogen) atoms. The highest BCUT2D eigenvalue weighted by atomic mass is 32.1. The second-order valence-corrected chi connectivity index (χ2v) is 5.55. The Kier molecular flexibility index (Phi) is 4.06. The Balaban J connectivity index is 1.92. The summed E-state index contributed by atoms with van der Waals surface area (Å²) in [6.07, 6.45) is -0.880. The molecule has 0 bridgehead atoms. The van der Waals surface area contributed by atoms with Crippen molar-refractivity contribution in [3.63, 3.8) is 0 Å². The summed E-state index contributed by atoms with van der Waals surface area (Å²) < 4.78 is 40.6. The van der Waals surface area contributed by atoms with Crippen molar-refractivity contribution in [1.82, 2.24) is 9.97 Å². The van der Waals surface area contributed by atoms with Crippen molar-refractivity contribution >= 4 is 34.2 Å². The second kappa shape index (κ2) is 6.04. The van der Waals surface area contributed by atoms with E-state index >= 15 is 0 Å². The van der Waals surface area contributed by atoms with Crippen molar-refractivity contribution in [2.24, 2.45) is 0 Å². The third-order valence-corrected chi connectivity index (χ3v) is 3.84. The van der Waals surface area contributed by atoms with Gasteiger partial charge in [0, 0.05) is 36.0 Å². The molecular formula is C14H8F3N3O3S. The molecule has 0 saturated carbocycles. The number of alkyl halides is 3. The van der Waals surface area contributed by atoms with Crippen LogP contribution in [0.4, 0.5) is 24.1 Å². The van der Waals surface area contributed by atoms with Gasteiger partial charge in [0.1, 0.15) is 5.82 Å². The molecular weight excluding hydrogens is 347 g/mol. The fraction of sp³-hybridized carbons (Fsp3) is 0.143. The van der Waals surface area contributed by atoms with E-state index in [9.17, 15) is 22.8 Å². The number of fused-ring (bicyclic) bond motifs is 1. The lowest BCUT2D eigenvalue weighted by atomic mass is 10.0. The van der Waals surface area contributed by atoms with Crippen LogP contribution in [0.1, 0.15) is 5.56 Å². The zero-order valence-corrected chi connectivity index (χ0v) is 12.6. The minimum Gasteiger partial charge on any atom is -0.383 e. The minimum atomic E-state index is -5.24. The lowest BCUT2D eigenvalue weighted by molar-refractivity contribution is -0.200. The van der Waals surface area contributed by atoms with Gasteiger partial charge in [0.15, 0.2) is 5.13 Å². The Morgan fingerprint density at radius 2 is 2.04 bits per heavy atom. The van der Waals surface area contributed by atoms with Gasteiger partial charge in [-0.1, -0.05) is 6.07 Å². The summed E-state index contributed by atoms with van der Waals surface area (Å²) in [4.78, 5) is 32.5. The molecule has 0 amide bonds. The number of esters is 2. The Labute approximate surface area is 137 Å². The first-order valence-electron chi connectivity index (χ1n) is 6.53. The third kappa shape index (κ3) is 3.13. The summed E-state index contributed by atoms with van der Waals surface area (Å²) in [5.74, 6) is -3.40. The zero-order chi connectivity index (χ0) is 17.3. The van der Waals surface area contributed by atoms with Crippen LogP contribution in [0.15, 0.2) is 41.7 Å². The maximum absolute atomic E-state index is 12.2. The van der Waals surface area contributed by atoms with Crippen molar-refractivity contribution in [3.05, 3.63) is 47.2 Å². The Bertz CT molecular complexity index is 818. The van der Waals surface area contributed by atoms with Gasteiger partial charge in [-0.3, -0.25) is 4.90 Å². The molecule has 0 saturated heterocycles. The van der Waals surface area contributed by atoms with Gasteiger partial charge in [-0.25, -0.2) is 19.6 Å². The molecule has 0 radical (unpaired) electrons. The van der Waals surface area contributed by atoms with Crippen LogP contribution in [-0.2, 0) is 20.7 Å². The van der Waals surface area contributed by atoms with Crippen LogP contribution in [0.5, 0.6) is 0 Å². The lowest BCUT2D eigenvalue weighted by Gasteiger charge is -2.25. The number of ether oxygens (including phenoxy) is 1. The van der Waals surface area contributed by atoms with Crippen LogP contribution in [0.3, 0.4) is 0 Å². The number of carbonyl (C=O) groups excluding carboxylic acids is 2. The first-order valence-corrected chi connectivity index (χ1v) is 7.41. The number of carbonyl (C=O) groups is 2. The molecule has 1 aliphatic rings. The largest absolute Gasteiger partial charge is 0.491 e. The molecule has 0 unspecified atom stereocenters. The van der Waals surface area contributed by atoms with Gasteiger partial charge < -0.3 is 4.74 Å². The van der Waals surface area contributed by atoms with E-state index in [0.717, 1.165) is 0 Å². The molecule has 10 heteroatoms. The van der Waals surface area contributed by atoms with E-state index in [-0.39, 0.29) is 12.0 Å².